The van der Waals surface area contributed by atoms with Gasteiger partial charge in [-0.2, -0.15) is 0 Å². The maximum Gasteiger partial charge on any atom is 0.157 e. The summed E-state index contributed by atoms with van der Waals surface area (Å²) in [4.78, 5) is 11.8. The van der Waals surface area contributed by atoms with Crippen LogP contribution in [0.25, 0.3) is 0 Å². The molecule has 3 heteroatoms. The minimum atomic E-state index is -0.0511. The number of hydrogen-bond donors (Lipinski definition) is 0. The Bertz CT molecular complexity index is 272. The Morgan fingerprint density at radius 1 is 0.739 bits per heavy atom. The van der Waals surface area contributed by atoms with E-state index in [2.05, 4.69) is 6.92 Å². The summed E-state index contributed by atoms with van der Waals surface area (Å²) in [5.74, 6) is 0.416. The largest absolute Gasteiger partial charge is 0.350 e. The summed E-state index contributed by atoms with van der Waals surface area (Å²) in [7, 11) is 0. The van der Waals surface area contributed by atoms with Gasteiger partial charge in [0.2, 0.25) is 0 Å². The van der Waals surface area contributed by atoms with Crippen LogP contribution in [-0.2, 0) is 14.3 Å². The Kier molecular flexibility index (Phi) is 13.6. The lowest BCUT2D eigenvalue weighted by atomic mass is 10.0. The Labute approximate surface area is 143 Å². The van der Waals surface area contributed by atoms with E-state index in [4.69, 9.17) is 9.47 Å². The van der Waals surface area contributed by atoms with Crippen LogP contribution in [0.5, 0.6) is 0 Å². The van der Waals surface area contributed by atoms with Crippen LogP contribution in [0, 0.1) is 0 Å². The van der Waals surface area contributed by atoms with Gasteiger partial charge in [-0.15, -0.1) is 0 Å². The van der Waals surface area contributed by atoms with Crippen molar-refractivity contribution in [2.45, 2.75) is 110 Å². The van der Waals surface area contributed by atoms with Gasteiger partial charge in [-0.1, -0.05) is 71.1 Å². The average molecular weight is 327 g/mol. The van der Waals surface area contributed by atoms with Gasteiger partial charge >= 0.3 is 0 Å². The minimum absolute atomic E-state index is 0.0511. The van der Waals surface area contributed by atoms with Crippen molar-refractivity contribution in [2.75, 3.05) is 13.2 Å². The molecule has 0 amide bonds. The molecule has 0 unspecified atom stereocenters. The first-order valence-electron chi connectivity index (χ1n) is 10.1. The number of carbonyl (C=O) groups is 1. The number of unbranched alkanes of at least 4 members (excludes halogenated alkanes) is 10. The predicted octanol–water partition coefficient (Wildman–Crippen LogP) is 5.80. The van der Waals surface area contributed by atoms with Gasteiger partial charge in [0, 0.05) is 12.8 Å². The van der Waals surface area contributed by atoms with E-state index >= 15 is 0 Å². The molecule has 0 N–H and O–H groups in total. The fourth-order valence-electron chi connectivity index (χ4n) is 3.15. The molecule has 1 rings (SSSR count). The first-order valence-corrected chi connectivity index (χ1v) is 10.1. The van der Waals surface area contributed by atoms with Crippen LogP contribution in [0.3, 0.4) is 0 Å². The van der Waals surface area contributed by atoms with Gasteiger partial charge in [-0.25, -0.2) is 0 Å². The monoisotopic (exact) mass is 326 g/mol. The molecule has 3 nitrogen and oxygen atoms in total. The van der Waals surface area contributed by atoms with Crippen molar-refractivity contribution in [3.8, 4) is 0 Å². The first-order chi connectivity index (χ1) is 11.3. The van der Waals surface area contributed by atoms with Gasteiger partial charge in [-0.05, 0) is 19.3 Å². The Balaban J connectivity index is 1.75. The first kappa shape index (κ1) is 20.6. The highest BCUT2D eigenvalue weighted by Crippen LogP contribution is 2.14. The van der Waals surface area contributed by atoms with E-state index in [0.717, 1.165) is 25.7 Å². The van der Waals surface area contributed by atoms with Gasteiger partial charge < -0.3 is 9.47 Å². The van der Waals surface area contributed by atoms with Crippen molar-refractivity contribution in [1.82, 2.24) is 0 Å². The Hall–Kier alpha value is -0.410. The maximum absolute atomic E-state index is 11.8. The third-order valence-corrected chi connectivity index (χ3v) is 4.65. The van der Waals surface area contributed by atoms with Crippen LogP contribution in [-0.4, -0.2) is 25.3 Å². The van der Waals surface area contributed by atoms with Gasteiger partial charge in [0.05, 0.1) is 13.2 Å². The van der Waals surface area contributed by atoms with Crippen molar-refractivity contribution in [1.29, 1.82) is 0 Å². The molecule has 1 fully saturated rings. The van der Waals surface area contributed by atoms with Crippen LogP contribution in [0.2, 0.25) is 0 Å². The van der Waals surface area contributed by atoms with Crippen molar-refractivity contribution in [3.05, 3.63) is 0 Å². The standard InChI is InChI=1S/C20H38O3/c1-2-3-4-5-6-7-8-9-10-11-12-14-19(21)15-13-16-20-22-17-18-23-20/h20H,2-18H2,1H3. The van der Waals surface area contributed by atoms with Crippen LogP contribution in [0.4, 0.5) is 0 Å². The highest BCUT2D eigenvalue weighted by atomic mass is 16.7. The zero-order chi connectivity index (χ0) is 16.6. The molecular formula is C20H38O3. The third-order valence-electron chi connectivity index (χ3n) is 4.65. The number of ketones is 1. The van der Waals surface area contributed by atoms with Gasteiger partial charge in [0.25, 0.3) is 0 Å². The van der Waals surface area contributed by atoms with Crippen LogP contribution >= 0.6 is 0 Å². The van der Waals surface area contributed by atoms with Crippen molar-refractivity contribution in [2.24, 2.45) is 0 Å². The van der Waals surface area contributed by atoms with Crippen LogP contribution in [0.15, 0.2) is 0 Å². The Morgan fingerprint density at radius 2 is 1.22 bits per heavy atom. The molecule has 0 aromatic rings. The molecular weight excluding hydrogens is 288 g/mol. The summed E-state index contributed by atoms with van der Waals surface area (Å²) in [6.07, 6.45) is 17.9. The van der Waals surface area contributed by atoms with Gasteiger partial charge in [0.15, 0.2) is 6.29 Å². The second-order valence-corrected chi connectivity index (χ2v) is 6.89. The maximum atomic E-state index is 11.8. The van der Waals surface area contributed by atoms with E-state index in [1.165, 1.54) is 64.2 Å². The normalized spacial score (nSPS) is 15.3. The number of carbonyl (C=O) groups excluding carboxylic acids is 1. The highest BCUT2D eigenvalue weighted by Gasteiger charge is 2.15. The lowest BCUT2D eigenvalue weighted by Crippen LogP contribution is -2.08. The molecule has 136 valence electrons. The molecule has 0 aromatic heterocycles. The molecule has 1 aliphatic heterocycles. The summed E-state index contributed by atoms with van der Waals surface area (Å²) < 4.78 is 10.7. The second kappa shape index (κ2) is 15.1. The second-order valence-electron chi connectivity index (χ2n) is 6.89. The summed E-state index contributed by atoms with van der Waals surface area (Å²) in [5, 5.41) is 0. The van der Waals surface area contributed by atoms with E-state index in [0.29, 0.717) is 25.4 Å². The number of hydrogen-bond acceptors (Lipinski definition) is 3. The predicted molar refractivity (Wildman–Crippen MR) is 95.6 cm³/mol. The smallest absolute Gasteiger partial charge is 0.157 e. The fraction of sp³-hybridized carbons (Fsp3) is 0.950. The molecule has 0 spiro atoms. The molecule has 0 aromatic carbocycles. The number of rotatable bonds is 16. The summed E-state index contributed by atoms with van der Waals surface area (Å²) in [6.45, 7) is 3.68. The highest BCUT2D eigenvalue weighted by molar-refractivity contribution is 5.78. The quantitative estimate of drug-likeness (QED) is 0.336. The van der Waals surface area contributed by atoms with E-state index < -0.39 is 0 Å². The topological polar surface area (TPSA) is 35.5 Å². The lowest BCUT2D eigenvalue weighted by molar-refractivity contribution is -0.119. The van der Waals surface area contributed by atoms with Crippen molar-refractivity contribution >= 4 is 5.78 Å². The third kappa shape index (κ3) is 12.7. The molecule has 23 heavy (non-hydrogen) atoms. The SMILES string of the molecule is CCCCCCCCCCCCCC(=O)CCCC1OCCO1. The molecule has 0 radical (unpaired) electrons. The molecule has 1 aliphatic rings. The molecule has 0 bridgehead atoms. The Morgan fingerprint density at radius 3 is 1.78 bits per heavy atom. The zero-order valence-electron chi connectivity index (χ0n) is 15.3. The van der Waals surface area contributed by atoms with Crippen LogP contribution in [0.1, 0.15) is 103 Å². The molecule has 0 saturated carbocycles. The van der Waals surface area contributed by atoms with E-state index in [-0.39, 0.29) is 6.29 Å². The zero-order valence-corrected chi connectivity index (χ0v) is 15.3. The number of Topliss-reactive ketones (excluding diaryl/α,β-unsaturated/α-hetero) is 1. The molecule has 1 heterocycles. The summed E-state index contributed by atoms with van der Waals surface area (Å²) >= 11 is 0. The van der Waals surface area contributed by atoms with Gasteiger partial charge in [-0.3, -0.25) is 4.79 Å². The molecule has 0 aliphatic carbocycles. The van der Waals surface area contributed by atoms with Crippen molar-refractivity contribution < 1.29 is 14.3 Å². The molecule has 1 saturated heterocycles. The number of ether oxygens (including phenoxy) is 2. The van der Waals surface area contributed by atoms with E-state index in [9.17, 15) is 4.79 Å². The van der Waals surface area contributed by atoms with E-state index in [1.807, 2.05) is 0 Å². The van der Waals surface area contributed by atoms with Crippen molar-refractivity contribution in [3.63, 3.8) is 0 Å². The van der Waals surface area contributed by atoms with E-state index in [1.54, 1.807) is 0 Å². The lowest BCUT2D eigenvalue weighted by Gasteiger charge is -2.07. The van der Waals surface area contributed by atoms with Crippen LogP contribution < -0.4 is 0 Å². The fourth-order valence-corrected chi connectivity index (χ4v) is 3.15. The summed E-state index contributed by atoms with van der Waals surface area (Å²) in [6, 6.07) is 0. The summed E-state index contributed by atoms with van der Waals surface area (Å²) in [5.41, 5.74) is 0. The average Bonchev–Trinajstić information content (AvgIpc) is 3.06. The minimum Gasteiger partial charge on any atom is -0.350 e. The van der Waals surface area contributed by atoms with Gasteiger partial charge in [0.1, 0.15) is 5.78 Å². The molecule has 0 atom stereocenters.